The van der Waals surface area contributed by atoms with Crippen molar-refractivity contribution in [1.29, 1.82) is 0 Å². The molecule has 1 saturated carbocycles. The van der Waals surface area contributed by atoms with Gasteiger partial charge in [-0.3, -0.25) is 4.98 Å². The van der Waals surface area contributed by atoms with E-state index in [1.807, 2.05) is 12.3 Å². The lowest BCUT2D eigenvalue weighted by Gasteiger charge is -2.17. The molecular formula is C14H20N2O. The van der Waals surface area contributed by atoms with Crippen LogP contribution in [0.5, 0.6) is 0 Å². The van der Waals surface area contributed by atoms with Gasteiger partial charge in [0, 0.05) is 43.4 Å². The number of nitrogens with zero attached hydrogens (tertiary/aromatic N) is 1. The lowest BCUT2D eigenvalue weighted by molar-refractivity contribution is 0.0916. The first kappa shape index (κ1) is 11.2. The van der Waals surface area contributed by atoms with E-state index in [0.717, 1.165) is 32.2 Å². The molecule has 0 spiro atoms. The highest BCUT2D eigenvalue weighted by Crippen LogP contribution is 2.30. The van der Waals surface area contributed by atoms with Crippen molar-refractivity contribution in [3.8, 4) is 0 Å². The lowest BCUT2D eigenvalue weighted by atomic mass is 9.93. The van der Waals surface area contributed by atoms with E-state index in [0.29, 0.717) is 11.8 Å². The molecule has 1 N–H and O–H groups in total. The highest BCUT2D eigenvalue weighted by atomic mass is 16.5. The van der Waals surface area contributed by atoms with Gasteiger partial charge in [-0.2, -0.15) is 0 Å². The molecule has 92 valence electrons. The Balaban J connectivity index is 1.55. The number of ether oxygens (including phenoxy) is 1. The maximum Gasteiger partial charge on any atom is 0.0513 e. The Labute approximate surface area is 103 Å². The molecule has 1 aliphatic heterocycles. The van der Waals surface area contributed by atoms with E-state index in [-0.39, 0.29) is 0 Å². The van der Waals surface area contributed by atoms with E-state index >= 15 is 0 Å². The van der Waals surface area contributed by atoms with E-state index in [9.17, 15) is 0 Å². The summed E-state index contributed by atoms with van der Waals surface area (Å²) in [6.45, 7) is 3.94. The summed E-state index contributed by atoms with van der Waals surface area (Å²) >= 11 is 0. The smallest absolute Gasteiger partial charge is 0.0513 e. The summed E-state index contributed by atoms with van der Waals surface area (Å²) in [6, 6.07) is 6.18. The zero-order valence-corrected chi connectivity index (χ0v) is 10.1. The van der Waals surface area contributed by atoms with E-state index in [2.05, 4.69) is 22.4 Å². The number of rotatable bonds is 5. The van der Waals surface area contributed by atoms with Crippen molar-refractivity contribution in [2.45, 2.75) is 18.8 Å². The zero-order chi connectivity index (χ0) is 11.5. The third-order valence-electron chi connectivity index (χ3n) is 3.79. The Bertz CT molecular complexity index is 350. The van der Waals surface area contributed by atoms with Crippen LogP contribution in [0.4, 0.5) is 0 Å². The predicted octanol–water partition coefficient (Wildman–Crippen LogP) is 1.81. The summed E-state index contributed by atoms with van der Waals surface area (Å²) < 4.78 is 5.83. The molecule has 0 bridgehead atoms. The molecule has 3 nitrogen and oxygen atoms in total. The van der Waals surface area contributed by atoms with Gasteiger partial charge in [-0.25, -0.2) is 0 Å². The summed E-state index contributed by atoms with van der Waals surface area (Å²) in [7, 11) is 0. The first-order valence-electron chi connectivity index (χ1n) is 6.63. The fourth-order valence-electron chi connectivity index (χ4n) is 2.52. The summed E-state index contributed by atoms with van der Waals surface area (Å²) in [5.74, 6) is 1.97. The maximum atomic E-state index is 5.83. The number of hydrogen-bond acceptors (Lipinski definition) is 3. The zero-order valence-electron chi connectivity index (χ0n) is 10.1. The fourth-order valence-corrected chi connectivity index (χ4v) is 2.52. The molecule has 3 rings (SSSR count). The normalized spacial score (nSPS) is 28.5. The van der Waals surface area contributed by atoms with E-state index in [1.54, 1.807) is 0 Å². The van der Waals surface area contributed by atoms with Crippen molar-refractivity contribution < 1.29 is 4.74 Å². The average molecular weight is 232 g/mol. The monoisotopic (exact) mass is 232 g/mol. The lowest BCUT2D eigenvalue weighted by Crippen LogP contribution is -2.19. The Morgan fingerprint density at radius 3 is 2.94 bits per heavy atom. The quantitative estimate of drug-likeness (QED) is 0.840. The molecule has 0 unspecified atom stereocenters. The van der Waals surface area contributed by atoms with Crippen LogP contribution in [-0.2, 0) is 4.74 Å². The number of hydrogen-bond donors (Lipinski definition) is 1. The molecular weight excluding hydrogens is 212 g/mol. The molecule has 0 aromatic carbocycles. The molecule has 2 fully saturated rings. The summed E-state index contributed by atoms with van der Waals surface area (Å²) in [5.41, 5.74) is 1.21. The SMILES string of the molecule is c1ccc([C@@H]2CNC[C@H]2COCC2CC2)nc1. The van der Waals surface area contributed by atoms with Crippen molar-refractivity contribution in [3.63, 3.8) is 0 Å². The predicted molar refractivity (Wildman–Crippen MR) is 66.9 cm³/mol. The molecule has 0 radical (unpaired) electrons. The Kier molecular flexibility index (Phi) is 3.39. The van der Waals surface area contributed by atoms with Crippen LogP contribution in [-0.4, -0.2) is 31.3 Å². The second-order valence-corrected chi connectivity index (χ2v) is 5.26. The molecule has 17 heavy (non-hydrogen) atoms. The molecule has 2 atom stereocenters. The Hall–Kier alpha value is -0.930. The average Bonchev–Trinajstić information content (AvgIpc) is 3.07. The number of pyridine rings is 1. The van der Waals surface area contributed by atoms with Gasteiger partial charge >= 0.3 is 0 Å². The molecule has 3 heteroatoms. The van der Waals surface area contributed by atoms with Crippen LogP contribution >= 0.6 is 0 Å². The van der Waals surface area contributed by atoms with E-state index in [1.165, 1.54) is 18.5 Å². The molecule has 2 heterocycles. The molecule has 2 aliphatic rings. The summed E-state index contributed by atoms with van der Waals surface area (Å²) in [6.07, 6.45) is 4.62. The van der Waals surface area contributed by atoms with Crippen LogP contribution in [0.1, 0.15) is 24.5 Å². The first-order chi connectivity index (χ1) is 8.43. The Morgan fingerprint density at radius 2 is 2.18 bits per heavy atom. The molecule has 0 amide bonds. The minimum Gasteiger partial charge on any atom is -0.381 e. The number of aromatic nitrogens is 1. The highest BCUT2D eigenvalue weighted by Gasteiger charge is 2.30. The van der Waals surface area contributed by atoms with Crippen molar-refractivity contribution in [2.75, 3.05) is 26.3 Å². The largest absolute Gasteiger partial charge is 0.381 e. The molecule has 1 saturated heterocycles. The third kappa shape index (κ3) is 2.85. The van der Waals surface area contributed by atoms with Gasteiger partial charge in [-0.05, 0) is 30.9 Å². The highest BCUT2D eigenvalue weighted by molar-refractivity contribution is 5.13. The Morgan fingerprint density at radius 1 is 1.24 bits per heavy atom. The van der Waals surface area contributed by atoms with Gasteiger partial charge in [0.2, 0.25) is 0 Å². The minimum absolute atomic E-state index is 0.524. The van der Waals surface area contributed by atoms with Crippen LogP contribution in [0, 0.1) is 11.8 Å². The van der Waals surface area contributed by atoms with Crippen LogP contribution in [0.25, 0.3) is 0 Å². The van der Waals surface area contributed by atoms with E-state index in [4.69, 9.17) is 4.74 Å². The molecule has 1 aromatic rings. The van der Waals surface area contributed by atoms with Crippen molar-refractivity contribution in [1.82, 2.24) is 10.3 Å². The summed E-state index contributed by atoms with van der Waals surface area (Å²) in [5, 5.41) is 3.45. The topological polar surface area (TPSA) is 34.1 Å². The van der Waals surface area contributed by atoms with Crippen molar-refractivity contribution in [3.05, 3.63) is 30.1 Å². The van der Waals surface area contributed by atoms with Crippen LogP contribution < -0.4 is 5.32 Å². The maximum absolute atomic E-state index is 5.83. The van der Waals surface area contributed by atoms with Gasteiger partial charge in [0.15, 0.2) is 0 Å². The van der Waals surface area contributed by atoms with Crippen LogP contribution in [0.2, 0.25) is 0 Å². The standard InChI is InChI=1S/C14H20N2O/c1-2-6-16-14(3-1)13-8-15-7-12(13)10-17-9-11-4-5-11/h1-3,6,11-13,15H,4-5,7-10H2/t12-,13+/m0/s1. The minimum atomic E-state index is 0.524. The third-order valence-corrected chi connectivity index (χ3v) is 3.79. The molecule has 1 aromatic heterocycles. The van der Waals surface area contributed by atoms with Crippen LogP contribution in [0.3, 0.4) is 0 Å². The summed E-state index contributed by atoms with van der Waals surface area (Å²) in [4.78, 5) is 4.47. The second kappa shape index (κ2) is 5.15. The van der Waals surface area contributed by atoms with Gasteiger partial charge in [0.05, 0.1) is 6.61 Å². The second-order valence-electron chi connectivity index (χ2n) is 5.26. The van der Waals surface area contributed by atoms with Gasteiger partial charge in [-0.15, -0.1) is 0 Å². The van der Waals surface area contributed by atoms with Crippen LogP contribution in [0.15, 0.2) is 24.4 Å². The van der Waals surface area contributed by atoms with Crippen molar-refractivity contribution in [2.24, 2.45) is 11.8 Å². The van der Waals surface area contributed by atoms with Gasteiger partial charge in [0.25, 0.3) is 0 Å². The van der Waals surface area contributed by atoms with Crippen molar-refractivity contribution >= 4 is 0 Å². The van der Waals surface area contributed by atoms with Gasteiger partial charge in [0.1, 0.15) is 0 Å². The fraction of sp³-hybridized carbons (Fsp3) is 0.643. The first-order valence-corrected chi connectivity index (χ1v) is 6.63. The van der Waals surface area contributed by atoms with Gasteiger partial charge in [-0.1, -0.05) is 6.07 Å². The van der Waals surface area contributed by atoms with E-state index < -0.39 is 0 Å². The molecule has 1 aliphatic carbocycles. The van der Waals surface area contributed by atoms with Gasteiger partial charge < -0.3 is 10.1 Å². The number of nitrogens with one attached hydrogen (secondary N) is 1.